The Bertz CT molecular complexity index is 130. The minimum Gasteiger partial charge on any atom is -0.0622 e. The number of benzene rings is 1. The molecule has 0 bridgehead atoms. The Labute approximate surface area is 43.8 Å². The maximum absolute atomic E-state index is 2.08. The number of hydrogen-bond donors (Lipinski definition) is 0. The van der Waals surface area contributed by atoms with Crippen molar-refractivity contribution in [2.45, 2.75) is 6.92 Å². The smallest absolute Gasteiger partial charge is 0.0398 e. The lowest BCUT2D eigenvalue weighted by Crippen LogP contribution is -1.62. The molecule has 1 aromatic carbocycles. The van der Waals surface area contributed by atoms with E-state index in [1.54, 1.807) is 0 Å². The van der Waals surface area contributed by atoms with Gasteiger partial charge in [-0.25, -0.2) is 0 Å². The Morgan fingerprint density at radius 3 is 1.86 bits per heavy atom. The molecule has 0 nitrogen and oxygen atoms in total. The van der Waals surface area contributed by atoms with Gasteiger partial charge >= 0.3 is 0 Å². The van der Waals surface area contributed by atoms with Gasteiger partial charge in [-0.15, -0.1) is 0 Å². The van der Waals surface area contributed by atoms with Gasteiger partial charge in [0, 0.05) is 0 Å². The van der Waals surface area contributed by atoms with E-state index < -0.39 is 0 Å². The van der Waals surface area contributed by atoms with Gasteiger partial charge in [0.05, 0.1) is 0 Å². The van der Waals surface area contributed by atoms with Crippen LogP contribution in [0, 0.1) is 6.92 Å². The van der Waals surface area contributed by atoms with E-state index >= 15 is 0 Å². The molecular formula is C7H8. The molecule has 0 aliphatic rings. The van der Waals surface area contributed by atoms with Crippen molar-refractivity contribution in [3.63, 3.8) is 0 Å². The number of rotatable bonds is 0. The predicted octanol–water partition coefficient (Wildman–Crippen LogP) is 2.00. The van der Waals surface area contributed by atoms with Crippen molar-refractivity contribution in [3.8, 4) is 0 Å². The molecule has 0 atom stereocenters. The summed E-state index contributed by atoms with van der Waals surface area (Å²) in [5, 5.41) is 0. The van der Waals surface area contributed by atoms with E-state index in [1.165, 1.54) is 5.56 Å². The third-order valence-corrected chi connectivity index (χ3v) is 0.940. The SMILES string of the molecule is C[13c]1[13cH][13cH][13cH][13cH][13cH]1. The second-order valence-electron chi connectivity index (χ2n) is 1.65. The van der Waals surface area contributed by atoms with Crippen molar-refractivity contribution in [3.05, 3.63) is 35.9 Å². The quantitative estimate of drug-likeness (QED) is 0.465. The second-order valence-corrected chi connectivity index (χ2v) is 1.65. The van der Waals surface area contributed by atoms with Crippen molar-refractivity contribution in [2.75, 3.05) is 0 Å². The fourth-order valence-electron chi connectivity index (χ4n) is 0.534. The highest BCUT2D eigenvalue weighted by Crippen LogP contribution is 1.92. The van der Waals surface area contributed by atoms with Crippen LogP contribution < -0.4 is 0 Å². The van der Waals surface area contributed by atoms with E-state index in [9.17, 15) is 0 Å². The van der Waals surface area contributed by atoms with Crippen LogP contribution in [0.1, 0.15) is 5.56 Å². The maximum atomic E-state index is 2.08. The Morgan fingerprint density at radius 1 is 1.00 bits per heavy atom. The van der Waals surface area contributed by atoms with Gasteiger partial charge in [-0.3, -0.25) is 0 Å². The standard InChI is InChI=1S/C7H8/c1-7-5-3-2-4-6-7/h2-6H,1H3/i2+1,3+1,4+1,5+1,6+1,7+1. The lowest BCUT2D eigenvalue weighted by molar-refractivity contribution is 1.48. The van der Waals surface area contributed by atoms with E-state index in [0.29, 0.717) is 0 Å². The molecule has 1 rings (SSSR count). The van der Waals surface area contributed by atoms with Crippen LogP contribution in [0.4, 0.5) is 0 Å². The average Bonchev–Trinajstić information content (AvgIpc) is 1.69. The maximum Gasteiger partial charge on any atom is -0.0398 e. The monoisotopic (exact) mass is 98.1 g/mol. The Hall–Kier alpha value is -0.780. The highest BCUT2D eigenvalue weighted by Gasteiger charge is 1.72. The van der Waals surface area contributed by atoms with Crippen LogP contribution in [0.3, 0.4) is 0 Å². The lowest BCUT2D eigenvalue weighted by Gasteiger charge is -1.82. The van der Waals surface area contributed by atoms with E-state index in [4.69, 9.17) is 0 Å². The molecule has 0 saturated carbocycles. The molecule has 7 heavy (non-hydrogen) atoms. The number of aryl methyl sites for hydroxylation is 1. The topological polar surface area (TPSA) is 0 Å². The molecular weight excluding hydrogens is 90.0 g/mol. The minimum atomic E-state index is 1.32. The fourth-order valence-corrected chi connectivity index (χ4v) is 0.534. The molecule has 0 saturated heterocycles. The first kappa shape index (κ1) is 4.38. The predicted molar refractivity (Wildman–Crippen MR) is 31.2 cm³/mol. The fraction of sp³-hybridized carbons (Fsp3) is 0.143. The summed E-state index contributed by atoms with van der Waals surface area (Å²) in [6, 6.07) is 10.3. The van der Waals surface area contributed by atoms with E-state index in [0.717, 1.165) is 0 Å². The molecule has 1 aromatic rings. The summed E-state index contributed by atoms with van der Waals surface area (Å²) in [5.74, 6) is 0. The second kappa shape index (κ2) is 1.78. The van der Waals surface area contributed by atoms with Gasteiger partial charge in [-0.1, -0.05) is 35.9 Å². The van der Waals surface area contributed by atoms with Gasteiger partial charge in [-0.05, 0) is 6.92 Å². The van der Waals surface area contributed by atoms with Crippen LogP contribution >= 0.6 is 0 Å². The average molecular weight is 98.1 g/mol. The van der Waals surface area contributed by atoms with Crippen LogP contribution in [-0.4, -0.2) is 0 Å². The van der Waals surface area contributed by atoms with Crippen LogP contribution in [0.2, 0.25) is 0 Å². The molecule has 0 aliphatic heterocycles. The minimum absolute atomic E-state index is 1.32. The highest BCUT2D eigenvalue weighted by molar-refractivity contribution is 5.11. The van der Waals surface area contributed by atoms with Crippen molar-refractivity contribution < 1.29 is 0 Å². The molecule has 0 spiro atoms. The molecule has 0 aromatic heterocycles. The largest absolute Gasteiger partial charge is 0.0622 e. The lowest BCUT2D eigenvalue weighted by atomic mass is 11.0. The summed E-state index contributed by atoms with van der Waals surface area (Å²) in [4.78, 5) is 0. The zero-order valence-electron chi connectivity index (χ0n) is 4.39. The van der Waals surface area contributed by atoms with Crippen LogP contribution in [0.25, 0.3) is 0 Å². The van der Waals surface area contributed by atoms with Gasteiger partial charge in [0.1, 0.15) is 0 Å². The van der Waals surface area contributed by atoms with Crippen molar-refractivity contribution >= 4 is 0 Å². The van der Waals surface area contributed by atoms with Gasteiger partial charge < -0.3 is 0 Å². The summed E-state index contributed by atoms with van der Waals surface area (Å²) in [5.41, 5.74) is 1.32. The third kappa shape index (κ3) is 1.04. The van der Waals surface area contributed by atoms with Crippen LogP contribution in [-0.2, 0) is 0 Å². The zero-order valence-corrected chi connectivity index (χ0v) is 4.39. The Morgan fingerprint density at radius 2 is 1.57 bits per heavy atom. The van der Waals surface area contributed by atoms with Crippen molar-refractivity contribution in [1.82, 2.24) is 0 Å². The molecule has 36 valence electrons. The normalized spacial score (nSPS) is 8.71. The van der Waals surface area contributed by atoms with Gasteiger partial charge in [0.2, 0.25) is 0 Å². The van der Waals surface area contributed by atoms with E-state index in [1.807, 2.05) is 18.2 Å². The molecule has 0 fully saturated rings. The number of hydrogen-bond acceptors (Lipinski definition) is 0. The van der Waals surface area contributed by atoms with Crippen molar-refractivity contribution in [2.24, 2.45) is 0 Å². The van der Waals surface area contributed by atoms with Crippen LogP contribution in [0.5, 0.6) is 0 Å². The van der Waals surface area contributed by atoms with Crippen molar-refractivity contribution in [1.29, 1.82) is 0 Å². The van der Waals surface area contributed by atoms with E-state index in [2.05, 4.69) is 19.1 Å². The summed E-state index contributed by atoms with van der Waals surface area (Å²) in [7, 11) is 0. The first-order valence-electron chi connectivity index (χ1n) is 2.41. The van der Waals surface area contributed by atoms with E-state index in [-0.39, 0.29) is 0 Å². The molecule has 0 unspecified atom stereocenters. The Kier molecular flexibility index (Phi) is 1.12. The van der Waals surface area contributed by atoms with Gasteiger partial charge in [-0.2, -0.15) is 0 Å². The highest BCUT2D eigenvalue weighted by atomic mass is 14.7. The molecule has 0 amide bonds. The molecule has 0 radical (unpaired) electrons. The molecule has 0 heterocycles. The van der Waals surface area contributed by atoms with Gasteiger partial charge in [0.15, 0.2) is 0 Å². The Balaban J connectivity index is 3.02. The molecule has 0 N–H and O–H groups in total. The summed E-state index contributed by atoms with van der Waals surface area (Å²) >= 11 is 0. The summed E-state index contributed by atoms with van der Waals surface area (Å²) in [6.07, 6.45) is 0. The molecule has 0 heteroatoms. The summed E-state index contributed by atoms with van der Waals surface area (Å²) < 4.78 is 0. The third-order valence-electron chi connectivity index (χ3n) is 0.940. The summed E-state index contributed by atoms with van der Waals surface area (Å²) in [6.45, 7) is 2.08. The van der Waals surface area contributed by atoms with Crippen LogP contribution in [0.15, 0.2) is 30.3 Å². The van der Waals surface area contributed by atoms with Gasteiger partial charge in [0.25, 0.3) is 0 Å². The molecule has 0 aliphatic carbocycles. The first-order chi connectivity index (χ1) is 3.39. The zero-order chi connectivity index (χ0) is 5.11. The first-order valence-corrected chi connectivity index (χ1v) is 2.41.